The van der Waals surface area contributed by atoms with Gasteiger partial charge in [-0.05, 0) is 75.8 Å². The van der Waals surface area contributed by atoms with Crippen LogP contribution in [0.25, 0.3) is 0 Å². The summed E-state index contributed by atoms with van der Waals surface area (Å²) in [5, 5.41) is 3.50. The van der Waals surface area contributed by atoms with E-state index in [-0.39, 0.29) is 0 Å². The Labute approximate surface area is 122 Å². The van der Waals surface area contributed by atoms with Crippen molar-refractivity contribution in [2.45, 2.75) is 58.0 Å². The van der Waals surface area contributed by atoms with Gasteiger partial charge >= 0.3 is 0 Å². The number of hydrogen-bond acceptors (Lipinski definition) is 3. The lowest BCUT2D eigenvalue weighted by Crippen LogP contribution is -2.11. The highest BCUT2D eigenvalue weighted by Crippen LogP contribution is 2.27. The van der Waals surface area contributed by atoms with E-state index >= 15 is 0 Å². The van der Waals surface area contributed by atoms with E-state index in [1.807, 2.05) is 0 Å². The summed E-state index contributed by atoms with van der Waals surface area (Å²) in [6.45, 7) is 3.96. The first-order valence-electron chi connectivity index (χ1n) is 8.01. The predicted molar refractivity (Wildman–Crippen MR) is 85.5 cm³/mol. The van der Waals surface area contributed by atoms with Crippen LogP contribution in [0.5, 0.6) is 5.75 Å². The zero-order valence-corrected chi connectivity index (χ0v) is 12.7. The normalized spacial score (nSPS) is 15.5. The fourth-order valence-electron chi connectivity index (χ4n) is 2.78. The molecule has 0 heterocycles. The number of hydrogen-bond donors (Lipinski definition) is 2. The summed E-state index contributed by atoms with van der Waals surface area (Å²) in [6.07, 6.45) is 8.97. The van der Waals surface area contributed by atoms with Crippen molar-refractivity contribution in [2.24, 2.45) is 5.73 Å². The van der Waals surface area contributed by atoms with Gasteiger partial charge in [0.25, 0.3) is 0 Å². The minimum absolute atomic E-state index is 0.435. The smallest absolute Gasteiger partial charge is 0.120 e. The van der Waals surface area contributed by atoms with Crippen molar-refractivity contribution in [3.63, 3.8) is 0 Å². The molecule has 2 rings (SSSR count). The molecule has 1 fully saturated rings. The molecule has 0 bridgehead atoms. The van der Waals surface area contributed by atoms with Crippen LogP contribution in [0.1, 0.15) is 50.5 Å². The van der Waals surface area contributed by atoms with E-state index in [2.05, 4.69) is 30.4 Å². The van der Waals surface area contributed by atoms with Crippen molar-refractivity contribution in [3.8, 4) is 5.75 Å². The van der Waals surface area contributed by atoms with Gasteiger partial charge in [0.2, 0.25) is 0 Å². The van der Waals surface area contributed by atoms with Crippen molar-refractivity contribution in [1.82, 2.24) is 0 Å². The molecular weight excluding hydrogens is 248 g/mol. The lowest BCUT2D eigenvalue weighted by molar-refractivity contribution is 0.210. The molecule has 0 amide bonds. The Hall–Kier alpha value is -1.22. The summed E-state index contributed by atoms with van der Waals surface area (Å²) in [7, 11) is 0. The molecule has 0 atom stereocenters. The molecular formula is C17H28N2O. The van der Waals surface area contributed by atoms with Gasteiger partial charge in [-0.25, -0.2) is 0 Å². The number of nitrogens with one attached hydrogen (secondary N) is 1. The minimum atomic E-state index is 0.435. The fourth-order valence-corrected chi connectivity index (χ4v) is 2.78. The Balaban J connectivity index is 1.79. The molecule has 1 aromatic carbocycles. The molecule has 0 saturated heterocycles. The van der Waals surface area contributed by atoms with Gasteiger partial charge in [0.05, 0.1) is 6.10 Å². The molecule has 0 aromatic heterocycles. The average Bonchev–Trinajstić information content (AvgIpc) is 2.93. The summed E-state index contributed by atoms with van der Waals surface area (Å²) in [6, 6.07) is 6.39. The maximum atomic E-state index is 6.03. The largest absolute Gasteiger partial charge is 0.490 e. The second-order valence-electron chi connectivity index (χ2n) is 5.78. The van der Waals surface area contributed by atoms with Crippen LogP contribution in [0.4, 0.5) is 5.69 Å². The molecule has 1 aliphatic rings. The Kier molecular flexibility index (Phi) is 6.19. The van der Waals surface area contributed by atoms with Crippen molar-refractivity contribution in [2.75, 3.05) is 18.4 Å². The van der Waals surface area contributed by atoms with Gasteiger partial charge in [-0.1, -0.05) is 6.42 Å². The van der Waals surface area contributed by atoms with E-state index in [0.29, 0.717) is 6.10 Å². The van der Waals surface area contributed by atoms with Crippen molar-refractivity contribution in [1.29, 1.82) is 0 Å². The van der Waals surface area contributed by atoms with Crippen molar-refractivity contribution >= 4 is 5.69 Å². The van der Waals surface area contributed by atoms with Crippen LogP contribution in [-0.4, -0.2) is 19.2 Å². The van der Waals surface area contributed by atoms with Crippen LogP contribution in [0.3, 0.4) is 0 Å². The van der Waals surface area contributed by atoms with Gasteiger partial charge in [0.15, 0.2) is 0 Å². The van der Waals surface area contributed by atoms with Crippen LogP contribution < -0.4 is 15.8 Å². The highest BCUT2D eigenvalue weighted by atomic mass is 16.5. The molecule has 20 heavy (non-hydrogen) atoms. The lowest BCUT2D eigenvalue weighted by Gasteiger charge is -2.15. The van der Waals surface area contributed by atoms with Gasteiger partial charge in [-0.2, -0.15) is 0 Å². The third kappa shape index (κ3) is 4.71. The molecule has 1 aromatic rings. The van der Waals surface area contributed by atoms with E-state index in [1.54, 1.807) is 0 Å². The molecule has 112 valence electrons. The second-order valence-corrected chi connectivity index (χ2v) is 5.78. The molecule has 1 saturated carbocycles. The lowest BCUT2D eigenvalue weighted by atomic mass is 10.1. The maximum absolute atomic E-state index is 6.03. The molecule has 0 unspecified atom stereocenters. The summed E-state index contributed by atoms with van der Waals surface area (Å²) in [4.78, 5) is 0. The number of ether oxygens (including phenoxy) is 1. The minimum Gasteiger partial charge on any atom is -0.490 e. The SMILES string of the molecule is Cc1cc(OC2CCCC2)ccc1NCCCCCN. The third-order valence-electron chi connectivity index (χ3n) is 4.00. The zero-order chi connectivity index (χ0) is 14.2. The van der Waals surface area contributed by atoms with Crippen LogP contribution in [0, 0.1) is 6.92 Å². The van der Waals surface area contributed by atoms with Gasteiger partial charge in [0.1, 0.15) is 5.75 Å². The van der Waals surface area contributed by atoms with E-state index in [1.165, 1.54) is 49.8 Å². The molecule has 1 aliphatic carbocycles. The molecule has 3 nitrogen and oxygen atoms in total. The van der Waals surface area contributed by atoms with E-state index < -0.39 is 0 Å². The summed E-state index contributed by atoms with van der Waals surface area (Å²) < 4.78 is 6.03. The van der Waals surface area contributed by atoms with E-state index in [0.717, 1.165) is 25.3 Å². The van der Waals surface area contributed by atoms with Crippen molar-refractivity contribution in [3.05, 3.63) is 23.8 Å². The maximum Gasteiger partial charge on any atom is 0.120 e. The monoisotopic (exact) mass is 276 g/mol. The first-order valence-corrected chi connectivity index (χ1v) is 8.01. The van der Waals surface area contributed by atoms with Gasteiger partial charge in [-0.3, -0.25) is 0 Å². The first kappa shape index (κ1) is 15.2. The fraction of sp³-hybridized carbons (Fsp3) is 0.647. The van der Waals surface area contributed by atoms with E-state index in [4.69, 9.17) is 10.5 Å². The zero-order valence-electron chi connectivity index (χ0n) is 12.7. The van der Waals surface area contributed by atoms with E-state index in [9.17, 15) is 0 Å². The molecule has 0 radical (unpaired) electrons. The third-order valence-corrected chi connectivity index (χ3v) is 4.00. The Bertz CT molecular complexity index is 400. The van der Waals surface area contributed by atoms with Crippen LogP contribution in [0.2, 0.25) is 0 Å². The highest BCUT2D eigenvalue weighted by molar-refractivity contribution is 5.53. The summed E-state index contributed by atoms with van der Waals surface area (Å²) >= 11 is 0. The van der Waals surface area contributed by atoms with Crippen LogP contribution in [-0.2, 0) is 0 Å². The molecule has 3 N–H and O–H groups in total. The predicted octanol–water partition coefficient (Wildman–Crippen LogP) is 3.86. The molecule has 0 aliphatic heterocycles. The Morgan fingerprint density at radius 3 is 2.70 bits per heavy atom. The van der Waals surface area contributed by atoms with Crippen LogP contribution in [0.15, 0.2) is 18.2 Å². The number of rotatable bonds is 8. The number of nitrogens with two attached hydrogens (primary N) is 1. The quantitative estimate of drug-likeness (QED) is 0.709. The second kappa shape index (κ2) is 8.15. The topological polar surface area (TPSA) is 47.3 Å². The average molecular weight is 276 g/mol. The molecule has 3 heteroatoms. The van der Waals surface area contributed by atoms with Gasteiger partial charge in [-0.15, -0.1) is 0 Å². The number of anilines is 1. The van der Waals surface area contributed by atoms with Crippen molar-refractivity contribution < 1.29 is 4.74 Å². The van der Waals surface area contributed by atoms with Gasteiger partial charge < -0.3 is 15.8 Å². The summed E-state index contributed by atoms with van der Waals surface area (Å²) in [5.74, 6) is 1.02. The highest BCUT2D eigenvalue weighted by Gasteiger charge is 2.16. The number of aryl methyl sites for hydroxylation is 1. The summed E-state index contributed by atoms with van der Waals surface area (Å²) in [5.41, 5.74) is 7.98. The Morgan fingerprint density at radius 2 is 2.00 bits per heavy atom. The Morgan fingerprint density at radius 1 is 1.20 bits per heavy atom. The molecule has 0 spiro atoms. The van der Waals surface area contributed by atoms with Crippen LogP contribution >= 0.6 is 0 Å². The number of unbranched alkanes of at least 4 members (excludes halogenated alkanes) is 2. The first-order chi connectivity index (χ1) is 9.79. The number of benzene rings is 1. The van der Waals surface area contributed by atoms with Gasteiger partial charge in [0, 0.05) is 12.2 Å². The standard InChI is InChI=1S/C17H28N2O/c1-14-13-16(20-15-7-3-4-8-15)9-10-17(14)19-12-6-2-5-11-18/h9-10,13,15,19H,2-8,11-12,18H2,1H3.